The van der Waals surface area contributed by atoms with E-state index in [2.05, 4.69) is 125 Å². The first-order valence-electron chi connectivity index (χ1n) is 42.0. The Morgan fingerprint density at radius 3 is 1.02 bits per heavy atom. The Kier molecular flexibility index (Phi) is 54.3. The molecule has 131 heavy (non-hydrogen) atoms. The number of rotatable bonds is 37. The zero-order valence-corrected chi connectivity index (χ0v) is 78.6. The number of hydrogen-bond acceptors (Lipinski definition) is 28. The summed E-state index contributed by atoms with van der Waals surface area (Å²) in [6.07, 6.45) is 15.2. The first kappa shape index (κ1) is 115. The molecule has 0 spiro atoms. The van der Waals surface area contributed by atoms with Crippen molar-refractivity contribution in [2.45, 2.75) is 168 Å². The van der Waals surface area contributed by atoms with Crippen molar-refractivity contribution in [1.82, 2.24) is 39.9 Å². The maximum absolute atomic E-state index is 12.2. The number of carbonyl (C=O) groups excluding carboxylic acids is 4. The summed E-state index contributed by atoms with van der Waals surface area (Å²) < 4.78 is 43.5. The second-order valence-corrected chi connectivity index (χ2v) is 32.8. The van der Waals surface area contributed by atoms with Gasteiger partial charge in [-0.2, -0.15) is 19.9 Å². The number of nitrogens with one attached hydrogen (secondary N) is 4. The quantitative estimate of drug-likeness (QED) is 0.00436. The molecule has 4 heterocycles. The van der Waals surface area contributed by atoms with Crippen LogP contribution in [-0.4, -0.2) is 154 Å². The third-order valence-electron chi connectivity index (χ3n) is 20.1. The number of hydrogen-bond donors (Lipinski definition) is 9. The second kappa shape index (κ2) is 61.7. The van der Waals surface area contributed by atoms with Gasteiger partial charge in [0.15, 0.2) is 28.9 Å². The number of carbonyl (C=O) groups is 4. The number of anilines is 8. The molecule has 32 heteroatoms. The van der Waals surface area contributed by atoms with E-state index in [0.29, 0.717) is 48.3 Å². The van der Waals surface area contributed by atoms with Crippen molar-refractivity contribution in [2.75, 3.05) is 106 Å². The molecule has 7 aromatic carbocycles. The summed E-state index contributed by atoms with van der Waals surface area (Å²) in [5.41, 5.74) is 37.3. The molecule has 0 aliphatic rings. The van der Waals surface area contributed by atoms with E-state index in [1.165, 1.54) is 29.9 Å². The number of allylic oxidation sites excluding steroid dienone is 1. The Morgan fingerprint density at radius 1 is 0.435 bits per heavy atom. The molecule has 0 atom stereocenters. The molecule has 699 valence electrons. The van der Waals surface area contributed by atoms with Crippen molar-refractivity contribution in [3.8, 4) is 23.0 Å². The van der Waals surface area contributed by atoms with E-state index in [0.717, 1.165) is 197 Å². The van der Waals surface area contributed by atoms with Crippen LogP contribution in [0.25, 0.3) is 6.08 Å². The minimum absolute atomic E-state index is 0. The van der Waals surface area contributed by atoms with Gasteiger partial charge < -0.3 is 74.4 Å². The summed E-state index contributed by atoms with van der Waals surface area (Å²) in [5, 5.41) is 26.3. The fourth-order valence-corrected chi connectivity index (χ4v) is 17.3. The maximum atomic E-state index is 12.2. The predicted octanol–water partition coefficient (Wildman–Crippen LogP) is 12.7. The number of Topliss-reactive ketones (excluding diaryl/α,β-unsaturated/α-hetero) is 1. The Hall–Kier alpha value is -11.8. The number of ether oxygens (including phenoxy) is 5. The van der Waals surface area contributed by atoms with Crippen molar-refractivity contribution in [3.63, 3.8) is 0 Å². The number of aldehydes is 1. The summed E-state index contributed by atoms with van der Waals surface area (Å²) in [6.45, 7) is 20.7. The van der Waals surface area contributed by atoms with Crippen LogP contribution in [0.4, 0.5) is 47.1 Å². The van der Waals surface area contributed by atoms with E-state index in [-0.39, 0.29) is 94.5 Å². The summed E-state index contributed by atoms with van der Waals surface area (Å²) >= 11 is -1.44. The van der Waals surface area contributed by atoms with E-state index >= 15 is 0 Å². The SMILES string of the molecule is C.C.CC(=O)C=P(c1ccccc1)(c1ccccc1)c1ccccc1.CCCCNc1nc(N)nc(C)c1Cc1ccc(/C=C/C(C)=O)cc1OC.CCCCNc1nc(N)nc(C)c1Cc1ccc(C(=O)OC)cc1OC.CCCCNc1nc(N)nc(C)c1Cc1ccc(C=O)cc1OC.CCCCNc1nc(N)nc(C)c1Cc1ccc(CO)cc1OC.[AlH3].[H-].[Li+].[O]=[Mn]=[O]. The van der Waals surface area contributed by atoms with Crippen LogP contribution in [0.1, 0.15) is 208 Å². The monoisotopic (exact) mass is 1860 g/mol. The van der Waals surface area contributed by atoms with Crippen LogP contribution < -0.4 is 97.9 Å². The van der Waals surface area contributed by atoms with Gasteiger partial charge in [0.25, 0.3) is 0 Å². The number of aromatic nitrogens is 8. The number of methoxy groups -OCH3 is 5. The van der Waals surface area contributed by atoms with Crippen molar-refractivity contribution in [2.24, 2.45) is 0 Å². The minimum atomic E-state index is -2.08. The third-order valence-corrected chi connectivity index (χ3v) is 24.2. The van der Waals surface area contributed by atoms with Crippen LogP contribution in [0.3, 0.4) is 0 Å². The molecule has 0 aliphatic heterocycles. The number of nitrogens with two attached hydrogens (primary N) is 4. The molecule has 11 aromatic rings. The number of esters is 1. The molecule has 11 rings (SSSR count). The predicted molar refractivity (Wildman–Crippen MR) is 532 cm³/mol. The molecule has 28 nitrogen and oxygen atoms in total. The topological polar surface area (TPSA) is 424 Å². The summed E-state index contributed by atoms with van der Waals surface area (Å²) in [6, 6.07) is 53.4. The van der Waals surface area contributed by atoms with Crippen molar-refractivity contribution < 1.29 is 90.7 Å². The van der Waals surface area contributed by atoms with Gasteiger partial charge in [0.1, 0.15) is 52.6 Å². The molecule has 0 bridgehead atoms. The first-order valence-corrected chi connectivity index (χ1v) is 44.9. The fourth-order valence-electron chi connectivity index (χ4n) is 13.5. The van der Waals surface area contributed by atoms with E-state index in [1.54, 1.807) is 71.8 Å². The van der Waals surface area contributed by atoms with Gasteiger partial charge in [-0.3, -0.25) is 14.4 Å². The van der Waals surface area contributed by atoms with E-state index in [1.807, 2.05) is 137 Å². The van der Waals surface area contributed by atoms with Crippen molar-refractivity contribution in [1.29, 1.82) is 0 Å². The average Bonchev–Trinajstić information content (AvgIpc) is 0.754. The van der Waals surface area contributed by atoms with Crippen LogP contribution in [-0.2, 0) is 69.1 Å². The summed E-state index contributed by atoms with van der Waals surface area (Å²) in [4.78, 5) is 80.6. The van der Waals surface area contributed by atoms with Crippen molar-refractivity contribution >= 4 is 123 Å². The zero-order chi connectivity index (χ0) is 92.8. The molecular weight excluding hydrogens is 1730 g/mol. The molecule has 0 saturated carbocycles. The van der Waals surface area contributed by atoms with Gasteiger partial charge in [-0.05, 0) is 166 Å². The van der Waals surface area contributed by atoms with Gasteiger partial charge in [0.05, 0.1) is 47.7 Å². The number of nitrogens with zero attached hydrogens (tertiary/aromatic N) is 8. The number of benzene rings is 7. The van der Waals surface area contributed by atoms with Gasteiger partial charge in [-0.25, -0.2) is 24.7 Å². The number of ketones is 2. The van der Waals surface area contributed by atoms with E-state index in [4.69, 9.17) is 54.3 Å². The van der Waals surface area contributed by atoms with Crippen LogP contribution in [0, 0.1) is 27.7 Å². The molecule has 0 amide bonds. The molecular formula is C99H135AlLiMnN16O12P. The number of aliphatic hydroxyl groups excluding tert-OH is 1. The van der Waals surface area contributed by atoms with Crippen LogP contribution in [0.5, 0.6) is 23.0 Å². The Labute approximate surface area is 804 Å². The molecule has 0 fully saturated rings. The van der Waals surface area contributed by atoms with E-state index in [9.17, 15) is 24.3 Å². The van der Waals surface area contributed by atoms with Gasteiger partial charge in [-0.1, -0.05) is 208 Å². The number of aliphatic hydroxyl groups is 1. The summed E-state index contributed by atoms with van der Waals surface area (Å²) in [7, 11) is 7.80. The Morgan fingerprint density at radius 2 is 0.733 bits per heavy atom. The first-order chi connectivity index (χ1) is 61.2. The number of nitrogen functional groups attached to an aromatic ring is 4. The van der Waals surface area contributed by atoms with Gasteiger partial charge in [0, 0.05) is 102 Å². The van der Waals surface area contributed by atoms with Crippen LogP contribution in [0.2, 0.25) is 0 Å². The number of unbranched alkanes of at least 4 members (excludes halogenated alkanes) is 4. The average molecular weight is 1860 g/mol. The van der Waals surface area contributed by atoms with Gasteiger partial charge >= 0.3 is 47.3 Å². The molecule has 4 aromatic heterocycles. The molecule has 0 aliphatic carbocycles. The molecule has 0 saturated heterocycles. The Bertz CT molecular complexity index is 5440. The van der Waals surface area contributed by atoms with Crippen LogP contribution >= 0.6 is 6.89 Å². The van der Waals surface area contributed by atoms with Crippen molar-refractivity contribution in [3.05, 3.63) is 259 Å². The third kappa shape index (κ3) is 36.1. The van der Waals surface area contributed by atoms with Crippen LogP contribution in [0.15, 0.2) is 170 Å². The fraction of sp³-hybridized carbons (Fsp3) is 0.343. The van der Waals surface area contributed by atoms with Gasteiger partial charge in [-0.15, -0.1) is 0 Å². The standard InChI is InChI=1S/C21H28N4O2.C21H19OP.C19H26N4O3.C18H26N4O2.C18H24N4O2.2CH4.Al.Li.Mn.2O.4H/c1-5-6-11-23-20-18(15(3)24-21(22)25-20)13-17-10-9-16(8-7-14(2)26)12-19(17)27-4;1-18(22)17-23(19-11-5-2-6-12-19,20-13-7-3-8-14-20)21-15-9-4-10-16-21;1-5-6-9-21-17-15(12(2)22-19(20)23-17)10-13-7-8-14(18(24)26-4)11-16(13)25-3;2*1-4-5-8-20-17-15(12(2)21-18(19)22-17)10-14-7-6-13(11-23)9-16(14)24-3;;;;;;;;;;;/h7-10,12H,5-6,11,13H2,1-4H3,(H3,22,23,24,25);2-17H,1H3;7-8,11H,5-6,9-10H2,1-4H3,(H3,20,21,22,23);6-7,9,23H,4-5,8,10-11H2,1-3H3,(H3,19,20,21,22);6-7,9,11H,4-5,8,10H2,1-3H3,(H3,19,20,21,22);2*1H4;;;;;;;;;/q;;;;;;;;+1;;;;;;;-1/b8-7+;;;;;;;;;;;;;;;. The normalized spacial score (nSPS) is 10.2. The second-order valence-electron chi connectivity index (χ2n) is 29.4. The number of aryl methyl sites for hydroxylation is 4. The summed E-state index contributed by atoms with van der Waals surface area (Å²) in [5.74, 6) is 8.56. The molecule has 0 radical (unpaired) electrons. The Balaban J connectivity index is 0.000000811. The van der Waals surface area contributed by atoms with E-state index < -0.39 is 27.7 Å². The molecule has 0 unspecified atom stereocenters. The zero-order valence-electron chi connectivity index (χ0n) is 77.6. The molecule has 13 N–H and O–H groups in total. The van der Waals surface area contributed by atoms with Gasteiger partial charge in [0.2, 0.25) is 23.8 Å².